The summed E-state index contributed by atoms with van der Waals surface area (Å²) in [6, 6.07) is 0. The zero-order valence-corrected chi connectivity index (χ0v) is 11.9. The van der Waals surface area contributed by atoms with Crippen LogP contribution in [-0.4, -0.2) is 57.8 Å². The Kier molecular flexibility index (Phi) is 3.21. The topological polar surface area (TPSA) is 92.6 Å². The molecule has 2 atom stereocenters. The van der Waals surface area contributed by atoms with E-state index < -0.39 is 11.4 Å². The smallest absolute Gasteiger partial charge is 0.311 e. The molecule has 2 aliphatic heterocycles. The number of hydrogen-bond acceptors (Lipinski definition) is 6. The molecule has 2 aliphatic rings. The van der Waals surface area contributed by atoms with Crippen LogP contribution in [0.5, 0.6) is 0 Å². The average molecular weight is 297 g/mol. The minimum absolute atomic E-state index is 0.140. The molecule has 0 saturated carbocycles. The number of carbonyl (C=O) groups excluding carboxylic acids is 1. The van der Waals surface area contributed by atoms with E-state index in [0.29, 0.717) is 36.8 Å². The average Bonchev–Trinajstić information content (AvgIpc) is 3.01. The molecule has 2 saturated heterocycles. The molecule has 1 amide bonds. The summed E-state index contributed by atoms with van der Waals surface area (Å²) in [6.07, 6.45) is 0.455. The number of fused-ring (bicyclic) bond motifs is 1. The Morgan fingerprint density at radius 2 is 2.35 bits per heavy atom. The number of aryl methyl sites for hydroxylation is 1. The van der Waals surface area contributed by atoms with Gasteiger partial charge in [-0.15, -0.1) is 5.10 Å². The minimum Gasteiger partial charge on any atom is -0.481 e. The predicted molar refractivity (Wildman–Crippen MR) is 69.5 cm³/mol. The second-order valence-electron chi connectivity index (χ2n) is 5.36. The number of hydrogen-bond donors (Lipinski definition) is 1. The first-order chi connectivity index (χ1) is 9.54. The lowest BCUT2D eigenvalue weighted by atomic mass is 9.74. The maximum absolute atomic E-state index is 12.5. The molecule has 8 heteroatoms. The zero-order valence-electron chi connectivity index (χ0n) is 11.0. The quantitative estimate of drug-likeness (QED) is 0.850. The van der Waals surface area contributed by atoms with E-state index in [0.717, 1.165) is 11.5 Å². The Morgan fingerprint density at radius 3 is 2.95 bits per heavy atom. The van der Waals surface area contributed by atoms with Crippen molar-refractivity contribution in [2.75, 3.05) is 26.3 Å². The van der Waals surface area contributed by atoms with Crippen LogP contribution >= 0.6 is 11.5 Å². The van der Waals surface area contributed by atoms with Crippen LogP contribution in [0.1, 0.15) is 21.8 Å². The van der Waals surface area contributed by atoms with Crippen molar-refractivity contribution < 1.29 is 19.4 Å². The number of rotatable bonds is 2. The molecule has 3 heterocycles. The summed E-state index contributed by atoms with van der Waals surface area (Å²) >= 11 is 1.05. The van der Waals surface area contributed by atoms with Gasteiger partial charge < -0.3 is 14.7 Å². The van der Waals surface area contributed by atoms with E-state index in [1.54, 1.807) is 11.8 Å². The first kappa shape index (κ1) is 13.4. The Bertz CT molecular complexity index is 561. The number of likely N-dealkylation sites (tertiary alicyclic amines) is 1. The molecule has 0 aromatic carbocycles. The van der Waals surface area contributed by atoms with Crippen LogP contribution < -0.4 is 0 Å². The standard InChI is InChI=1S/C12H15N3O4S/c1-7-9(20-14-13-7)10(16)15-4-8-5-19-3-2-12(8,6-15)11(17)18/h8H,2-6H2,1H3,(H,17,18)/t8-,12+/m0/s1. The van der Waals surface area contributed by atoms with Crippen molar-refractivity contribution in [3.05, 3.63) is 10.6 Å². The summed E-state index contributed by atoms with van der Waals surface area (Å²) in [5.41, 5.74) is -0.268. The van der Waals surface area contributed by atoms with Gasteiger partial charge in [0, 0.05) is 25.6 Å². The Balaban J connectivity index is 1.86. The normalized spacial score (nSPS) is 29.2. The van der Waals surface area contributed by atoms with E-state index >= 15 is 0 Å². The lowest BCUT2D eigenvalue weighted by Gasteiger charge is -2.33. The summed E-state index contributed by atoms with van der Waals surface area (Å²) in [6.45, 7) is 3.23. The van der Waals surface area contributed by atoms with E-state index in [2.05, 4.69) is 9.59 Å². The van der Waals surface area contributed by atoms with Crippen LogP contribution in [0.4, 0.5) is 0 Å². The number of aromatic nitrogens is 2. The van der Waals surface area contributed by atoms with Crippen LogP contribution in [-0.2, 0) is 9.53 Å². The van der Waals surface area contributed by atoms with Crippen LogP contribution in [0.25, 0.3) is 0 Å². The third-order valence-electron chi connectivity index (χ3n) is 4.27. The third-order valence-corrected chi connectivity index (χ3v) is 5.08. The van der Waals surface area contributed by atoms with Gasteiger partial charge in [0.1, 0.15) is 4.88 Å². The van der Waals surface area contributed by atoms with E-state index in [1.807, 2.05) is 0 Å². The second-order valence-corrected chi connectivity index (χ2v) is 6.11. The molecule has 3 rings (SSSR count). The lowest BCUT2D eigenvalue weighted by Crippen LogP contribution is -2.45. The number of carboxylic acids is 1. The number of ether oxygens (including phenoxy) is 1. The highest BCUT2D eigenvalue weighted by Crippen LogP contribution is 2.43. The van der Waals surface area contributed by atoms with Gasteiger partial charge in [-0.2, -0.15) is 0 Å². The number of carbonyl (C=O) groups is 2. The Hall–Kier alpha value is -1.54. The Labute approximate surface area is 119 Å². The maximum Gasteiger partial charge on any atom is 0.311 e. The van der Waals surface area contributed by atoms with Gasteiger partial charge in [0.15, 0.2) is 0 Å². The monoisotopic (exact) mass is 297 g/mol. The molecule has 1 aromatic rings. The predicted octanol–water partition coefficient (Wildman–Crippen LogP) is 0.410. The van der Waals surface area contributed by atoms with Gasteiger partial charge in [0.25, 0.3) is 5.91 Å². The molecule has 0 spiro atoms. The fourth-order valence-corrected chi connectivity index (χ4v) is 3.65. The van der Waals surface area contributed by atoms with Gasteiger partial charge in [0.2, 0.25) is 0 Å². The highest BCUT2D eigenvalue weighted by atomic mass is 32.1. The summed E-state index contributed by atoms with van der Waals surface area (Å²) in [7, 11) is 0. The van der Waals surface area contributed by atoms with Crippen molar-refractivity contribution in [3.63, 3.8) is 0 Å². The van der Waals surface area contributed by atoms with Crippen LogP contribution in [0.15, 0.2) is 0 Å². The molecular formula is C12H15N3O4S. The number of aliphatic carboxylic acids is 1. The molecule has 1 N–H and O–H groups in total. The van der Waals surface area contributed by atoms with Crippen LogP contribution in [0.2, 0.25) is 0 Å². The maximum atomic E-state index is 12.5. The fraction of sp³-hybridized carbons (Fsp3) is 0.667. The summed E-state index contributed by atoms with van der Waals surface area (Å²) < 4.78 is 9.14. The highest BCUT2D eigenvalue weighted by Gasteiger charge is 2.55. The van der Waals surface area contributed by atoms with E-state index in [4.69, 9.17) is 4.74 Å². The Morgan fingerprint density at radius 1 is 1.55 bits per heavy atom. The number of nitrogens with zero attached hydrogens (tertiary/aromatic N) is 3. The molecule has 0 aliphatic carbocycles. The minimum atomic E-state index is -0.861. The van der Waals surface area contributed by atoms with Gasteiger partial charge >= 0.3 is 5.97 Å². The van der Waals surface area contributed by atoms with Crippen LogP contribution in [0.3, 0.4) is 0 Å². The van der Waals surface area contributed by atoms with Gasteiger partial charge in [0.05, 0.1) is 17.7 Å². The van der Waals surface area contributed by atoms with Crippen molar-refractivity contribution in [2.24, 2.45) is 11.3 Å². The number of carboxylic acid groups (broad SMARTS) is 1. The van der Waals surface area contributed by atoms with Gasteiger partial charge in [-0.05, 0) is 24.9 Å². The largest absolute Gasteiger partial charge is 0.481 e. The van der Waals surface area contributed by atoms with Gasteiger partial charge in [-0.1, -0.05) is 4.49 Å². The summed E-state index contributed by atoms with van der Waals surface area (Å²) in [5, 5.41) is 13.4. The SMILES string of the molecule is Cc1nnsc1C(=O)N1C[C@H]2COCC[C@@]2(C(=O)O)C1. The summed E-state index contributed by atoms with van der Waals surface area (Å²) in [5.74, 6) is -1.15. The van der Waals surface area contributed by atoms with E-state index in [-0.39, 0.29) is 18.4 Å². The van der Waals surface area contributed by atoms with Crippen molar-refractivity contribution in [2.45, 2.75) is 13.3 Å². The lowest BCUT2D eigenvalue weighted by molar-refractivity contribution is -0.157. The van der Waals surface area contributed by atoms with Crippen molar-refractivity contribution in [3.8, 4) is 0 Å². The molecule has 7 nitrogen and oxygen atoms in total. The molecule has 1 aromatic heterocycles. The van der Waals surface area contributed by atoms with Crippen molar-refractivity contribution in [1.29, 1.82) is 0 Å². The summed E-state index contributed by atoms with van der Waals surface area (Å²) in [4.78, 5) is 26.2. The van der Waals surface area contributed by atoms with Gasteiger partial charge in [-0.3, -0.25) is 9.59 Å². The molecule has 2 fully saturated rings. The molecule has 0 radical (unpaired) electrons. The van der Waals surface area contributed by atoms with Crippen molar-refractivity contribution in [1.82, 2.24) is 14.5 Å². The van der Waals surface area contributed by atoms with Gasteiger partial charge in [-0.25, -0.2) is 0 Å². The molecule has 0 bridgehead atoms. The molecule has 0 unspecified atom stereocenters. The molecular weight excluding hydrogens is 282 g/mol. The van der Waals surface area contributed by atoms with Crippen molar-refractivity contribution >= 4 is 23.4 Å². The second kappa shape index (κ2) is 4.78. The highest BCUT2D eigenvalue weighted by molar-refractivity contribution is 7.07. The zero-order chi connectivity index (χ0) is 14.3. The first-order valence-electron chi connectivity index (χ1n) is 6.44. The fourth-order valence-electron chi connectivity index (χ4n) is 3.03. The molecule has 20 heavy (non-hydrogen) atoms. The molecule has 108 valence electrons. The number of amides is 1. The van der Waals surface area contributed by atoms with E-state index in [9.17, 15) is 14.7 Å². The first-order valence-corrected chi connectivity index (χ1v) is 7.21. The van der Waals surface area contributed by atoms with E-state index in [1.165, 1.54) is 0 Å². The van der Waals surface area contributed by atoms with Crippen LogP contribution in [0, 0.1) is 18.3 Å². The third kappa shape index (κ3) is 1.90.